The fourth-order valence-electron chi connectivity index (χ4n) is 2.83. The number of hydrogen-bond acceptors (Lipinski definition) is 5. The van der Waals surface area contributed by atoms with Crippen LogP contribution in [-0.2, 0) is 4.79 Å². The maximum absolute atomic E-state index is 12.3. The number of nitrogens with zero attached hydrogens (tertiary/aromatic N) is 2. The third kappa shape index (κ3) is 4.72. The summed E-state index contributed by atoms with van der Waals surface area (Å²) in [5.74, 6) is 0.316. The Bertz CT molecular complexity index is 941. The van der Waals surface area contributed by atoms with E-state index in [1.807, 2.05) is 56.3 Å². The Morgan fingerprint density at radius 2 is 1.79 bits per heavy atom. The predicted molar refractivity (Wildman–Crippen MR) is 110 cm³/mol. The number of nitrogens with one attached hydrogen (secondary N) is 1. The Hall–Kier alpha value is -3.25. The van der Waals surface area contributed by atoms with E-state index in [1.54, 1.807) is 18.3 Å². The first kappa shape index (κ1) is 19.5. The van der Waals surface area contributed by atoms with Crippen LogP contribution in [0.5, 0.6) is 0 Å². The average molecular weight is 376 g/mol. The number of benzene rings is 2. The Kier molecular flexibility index (Phi) is 6.01. The lowest BCUT2D eigenvalue weighted by atomic mass is 10.1. The molecule has 0 aliphatic rings. The molecule has 28 heavy (non-hydrogen) atoms. The van der Waals surface area contributed by atoms with Crippen molar-refractivity contribution in [2.75, 3.05) is 11.1 Å². The number of carbonyl (C=O) groups excluding carboxylic acids is 1. The van der Waals surface area contributed by atoms with Gasteiger partial charge in [-0.05, 0) is 23.6 Å². The number of carbonyl (C=O) groups is 1. The normalized spacial score (nSPS) is 12.0. The number of anilines is 2. The average Bonchev–Trinajstić information content (AvgIpc) is 2.68. The quantitative estimate of drug-likeness (QED) is 0.568. The number of hydrogen-bond donors (Lipinski definition) is 3. The number of aromatic nitrogens is 2. The van der Waals surface area contributed by atoms with E-state index in [1.165, 1.54) is 0 Å². The van der Waals surface area contributed by atoms with Crippen molar-refractivity contribution in [1.82, 2.24) is 9.97 Å². The second kappa shape index (κ2) is 8.63. The van der Waals surface area contributed by atoms with Gasteiger partial charge in [-0.15, -0.1) is 0 Å². The standard InChI is InChI=1S/C22H24N4O2/c1-14(2)12-19(27)26-22-20(21(28)16-6-4-3-5-7-16)25-18(13-24-22)15-8-10-17(23)11-9-15/h3-11,13-14,21,28H,12,23H2,1-2H3,(H,24,26,27). The molecule has 1 aromatic heterocycles. The van der Waals surface area contributed by atoms with Crippen LogP contribution >= 0.6 is 0 Å². The first-order valence-electron chi connectivity index (χ1n) is 9.19. The SMILES string of the molecule is CC(C)CC(=O)Nc1ncc(-c2ccc(N)cc2)nc1C(O)c1ccccc1. The van der Waals surface area contributed by atoms with E-state index < -0.39 is 6.10 Å². The van der Waals surface area contributed by atoms with Crippen LogP contribution < -0.4 is 11.1 Å². The zero-order valence-corrected chi connectivity index (χ0v) is 16.0. The molecule has 0 radical (unpaired) electrons. The number of amides is 1. The molecule has 2 aromatic carbocycles. The summed E-state index contributed by atoms with van der Waals surface area (Å²) in [5, 5.41) is 13.7. The summed E-state index contributed by atoms with van der Waals surface area (Å²) in [5.41, 5.74) is 8.79. The topological polar surface area (TPSA) is 101 Å². The zero-order chi connectivity index (χ0) is 20.1. The lowest BCUT2D eigenvalue weighted by molar-refractivity contribution is -0.116. The minimum absolute atomic E-state index is 0.161. The van der Waals surface area contributed by atoms with Crippen molar-refractivity contribution in [1.29, 1.82) is 0 Å². The molecule has 1 unspecified atom stereocenters. The Balaban J connectivity index is 2.01. The minimum atomic E-state index is -1.02. The maximum atomic E-state index is 12.3. The Labute approximate surface area is 164 Å². The van der Waals surface area contributed by atoms with Crippen LogP contribution in [0.15, 0.2) is 60.8 Å². The summed E-state index contributed by atoms with van der Waals surface area (Å²) in [7, 11) is 0. The van der Waals surface area contributed by atoms with Crippen LogP contribution in [-0.4, -0.2) is 21.0 Å². The summed E-state index contributed by atoms with van der Waals surface area (Å²) in [6.45, 7) is 3.93. The van der Waals surface area contributed by atoms with Gasteiger partial charge in [-0.25, -0.2) is 9.97 Å². The Morgan fingerprint density at radius 1 is 1.11 bits per heavy atom. The van der Waals surface area contributed by atoms with Gasteiger partial charge in [0.2, 0.25) is 5.91 Å². The molecule has 0 saturated heterocycles. The van der Waals surface area contributed by atoms with Crippen molar-refractivity contribution in [3.63, 3.8) is 0 Å². The van der Waals surface area contributed by atoms with Gasteiger partial charge in [0, 0.05) is 17.7 Å². The third-order valence-electron chi connectivity index (χ3n) is 4.23. The lowest BCUT2D eigenvalue weighted by Crippen LogP contribution is -2.18. The van der Waals surface area contributed by atoms with Gasteiger partial charge in [-0.3, -0.25) is 4.79 Å². The van der Waals surface area contributed by atoms with Crippen LogP contribution in [0, 0.1) is 5.92 Å². The van der Waals surface area contributed by atoms with Crippen LogP contribution in [0.1, 0.15) is 37.6 Å². The van der Waals surface area contributed by atoms with E-state index in [4.69, 9.17) is 5.73 Å². The van der Waals surface area contributed by atoms with Crippen LogP contribution in [0.25, 0.3) is 11.3 Å². The van der Waals surface area contributed by atoms with Crippen molar-refractivity contribution in [3.8, 4) is 11.3 Å². The molecule has 144 valence electrons. The smallest absolute Gasteiger partial charge is 0.225 e. The summed E-state index contributed by atoms with van der Waals surface area (Å²) in [4.78, 5) is 21.3. The molecule has 6 heteroatoms. The van der Waals surface area contributed by atoms with Crippen molar-refractivity contribution < 1.29 is 9.90 Å². The number of aliphatic hydroxyl groups is 1. The van der Waals surface area contributed by atoms with Gasteiger partial charge >= 0.3 is 0 Å². The largest absolute Gasteiger partial charge is 0.399 e. The maximum Gasteiger partial charge on any atom is 0.225 e. The van der Waals surface area contributed by atoms with Crippen molar-refractivity contribution >= 4 is 17.4 Å². The zero-order valence-electron chi connectivity index (χ0n) is 16.0. The molecule has 0 spiro atoms. The molecule has 1 heterocycles. The summed E-state index contributed by atoms with van der Waals surface area (Å²) >= 11 is 0. The van der Waals surface area contributed by atoms with Crippen LogP contribution in [0.3, 0.4) is 0 Å². The molecule has 1 atom stereocenters. The van der Waals surface area contributed by atoms with Crippen molar-refractivity contribution in [3.05, 3.63) is 72.1 Å². The first-order valence-corrected chi connectivity index (χ1v) is 9.19. The van der Waals surface area contributed by atoms with Crippen molar-refractivity contribution in [2.24, 2.45) is 5.92 Å². The van der Waals surface area contributed by atoms with Crippen LogP contribution in [0.4, 0.5) is 11.5 Å². The molecule has 0 saturated carbocycles. The van der Waals surface area contributed by atoms with Gasteiger partial charge in [-0.1, -0.05) is 56.3 Å². The van der Waals surface area contributed by atoms with E-state index in [0.717, 1.165) is 5.56 Å². The molecule has 0 aliphatic carbocycles. The highest BCUT2D eigenvalue weighted by Gasteiger charge is 2.20. The molecule has 4 N–H and O–H groups in total. The molecule has 0 fully saturated rings. The van der Waals surface area contributed by atoms with Gasteiger partial charge < -0.3 is 16.2 Å². The van der Waals surface area contributed by atoms with Gasteiger partial charge in [0.15, 0.2) is 5.82 Å². The minimum Gasteiger partial charge on any atom is -0.399 e. The number of nitrogen functional groups attached to an aromatic ring is 1. The molecule has 3 aromatic rings. The van der Waals surface area contributed by atoms with E-state index in [-0.39, 0.29) is 17.6 Å². The lowest BCUT2D eigenvalue weighted by Gasteiger charge is -2.16. The second-order valence-electron chi connectivity index (χ2n) is 7.07. The monoisotopic (exact) mass is 376 g/mol. The molecular weight excluding hydrogens is 352 g/mol. The highest BCUT2D eigenvalue weighted by atomic mass is 16.3. The van der Waals surface area contributed by atoms with Gasteiger partial charge in [0.05, 0.1) is 11.9 Å². The second-order valence-corrected chi connectivity index (χ2v) is 7.07. The highest BCUT2D eigenvalue weighted by Crippen LogP contribution is 2.28. The van der Waals surface area contributed by atoms with Gasteiger partial charge in [0.1, 0.15) is 11.8 Å². The summed E-state index contributed by atoms with van der Waals surface area (Å²) in [6, 6.07) is 16.4. The van der Waals surface area contributed by atoms with E-state index >= 15 is 0 Å². The number of aliphatic hydroxyl groups excluding tert-OH is 1. The van der Waals surface area contributed by atoms with E-state index in [2.05, 4.69) is 15.3 Å². The predicted octanol–water partition coefficient (Wildman–Crippen LogP) is 3.79. The first-order chi connectivity index (χ1) is 13.4. The fraction of sp³-hybridized carbons (Fsp3) is 0.227. The number of nitrogens with two attached hydrogens (primary N) is 1. The summed E-state index contributed by atoms with van der Waals surface area (Å²) in [6.07, 6.45) is 0.928. The Morgan fingerprint density at radius 3 is 2.43 bits per heavy atom. The molecule has 3 rings (SSSR count). The van der Waals surface area contributed by atoms with E-state index in [9.17, 15) is 9.90 Å². The molecule has 0 aliphatic heterocycles. The highest BCUT2D eigenvalue weighted by molar-refractivity contribution is 5.90. The molecule has 6 nitrogen and oxygen atoms in total. The van der Waals surface area contributed by atoms with Crippen LogP contribution in [0.2, 0.25) is 0 Å². The number of rotatable bonds is 6. The third-order valence-corrected chi connectivity index (χ3v) is 4.23. The van der Waals surface area contributed by atoms with Gasteiger partial charge in [-0.2, -0.15) is 0 Å². The molecular formula is C22H24N4O2. The summed E-state index contributed by atoms with van der Waals surface area (Å²) < 4.78 is 0. The van der Waals surface area contributed by atoms with E-state index in [0.29, 0.717) is 29.1 Å². The molecule has 1 amide bonds. The fourth-order valence-corrected chi connectivity index (χ4v) is 2.83. The van der Waals surface area contributed by atoms with Gasteiger partial charge in [0.25, 0.3) is 0 Å². The molecule has 0 bridgehead atoms. The van der Waals surface area contributed by atoms with Crippen molar-refractivity contribution in [2.45, 2.75) is 26.4 Å².